The van der Waals surface area contributed by atoms with E-state index in [2.05, 4.69) is 4.72 Å². The summed E-state index contributed by atoms with van der Waals surface area (Å²) in [5, 5.41) is 10.4. The van der Waals surface area contributed by atoms with Crippen LogP contribution in [0.3, 0.4) is 0 Å². The molecule has 1 aromatic carbocycles. The molecule has 66 valence electrons. The number of nitrogens with one attached hydrogen (secondary N) is 1. The van der Waals surface area contributed by atoms with Gasteiger partial charge in [0.2, 0.25) is 0 Å². The van der Waals surface area contributed by atoms with E-state index >= 15 is 0 Å². The largest absolute Gasteiger partial charge is 0.358 e. The molecule has 0 aromatic heterocycles. The van der Waals surface area contributed by atoms with Gasteiger partial charge in [0.15, 0.2) is 0 Å². The van der Waals surface area contributed by atoms with Crippen LogP contribution in [0.1, 0.15) is 5.56 Å². The van der Waals surface area contributed by atoms with E-state index in [1.807, 2.05) is 24.3 Å². The summed E-state index contributed by atoms with van der Waals surface area (Å²) in [6.45, 7) is 0. The summed E-state index contributed by atoms with van der Waals surface area (Å²) in [6, 6.07) is 7.53. The lowest BCUT2D eigenvalue weighted by molar-refractivity contribution is -0.427. The standard InChI is InChI=1S/C8H6N2O2S/c11-10(12)8-5-6-3-1-2-4-7(6)13-9-8/h1-5,9H. The summed E-state index contributed by atoms with van der Waals surface area (Å²) in [5.74, 6) is 0.0312. The van der Waals surface area contributed by atoms with E-state index < -0.39 is 4.92 Å². The number of fused-ring (bicyclic) bond motifs is 1. The van der Waals surface area contributed by atoms with E-state index in [0.717, 1.165) is 10.5 Å². The van der Waals surface area contributed by atoms with Gasteiger partial charge in [0.25, 0.3) is 0 Å². The fourth-order valence-electron chi connectivity index (χ4n) is 1.07. The van der Waals surface area contributed by atoms with E-state index in [-0.39, 0.29) is 5.82 Å². The van der Waals surface area contributed by atoms with Gasteiger partial charge in [-0.3, -0.25) is 0 Å². The number of hydrogen-bond donors (Lipinski definition) is 1. The maximum Gasteiger partial charge on any atom is 0.328 e. The number of rotatable bonds is 1. The molecular formula is C8H6N2O2S. The van der Waals surface area contributed by atoms with Crippen molar-refractivity contribution in [2.24, 2.45) is 0 Å². The van der Waals surface area contributed by atoms with Crippen molar-refractivity contribution < 1.29 is 4.92 Å². The van der Waals surface area contributed by atoms with Gasteiger partial charge < -0.3 is 10.1 Å². The second kappa shape index (κ2) is 3.10. The molecule has 1 aromatic rings. The Bertz CT molecular complexity index is 389. The van der Waals surface area contributed by atoms with Crippen LogP contribution in [0.15, 0.2) is 35.0 Å². The molecule has 0 aliphatic carbocycles. The Balaban J connectivity index is 2.44. The van der Waals surface area contributed by atoms with Crippen LogP contribution in [0.4, 0.5) is 0 Å². The van der Waals surface area contributed by atoms with E-state index in [1.165, 1.54) is 18.0 Å². The minimum atomic E-state index is -0.428. The third kappa shape index (κ3) is 1.50. The fourth-order valence-corrected chi connectivity index (χ4v) is 1.81. The molecule has 5 heteroatoms. The second-order valence-electron chi connectivity index (χ2n) is 2.53. The maximum absolute atomic E-state index is 10.4. The lowest BCUT2D eigenvalue weighted by atomic mass is 10.2. The van der Waals surface area contributed by atoms with Gasteiger partial charge in [0, 0.05) is 11.6 Å². The molecule has 0 saturated heterocycles. The van der Waals surface area contributed by atoms with Gasteiger partial charge in [-0.15, -0.1) is 0 Å². The zero-order chi connectivity index (χ0) is 9.26. The third-order valence-corrected chi connectivity index (χ3v) is 2.58. The Labute approximate surface area is 78.9 Å². The van der Waals surface area contributed by atoms with E-state index in [0.29, 0.717) is 0 Å². The Hall–Kier alpha value is -1.49. The highest BCUT2D eigenvalue weighted by Gasteiger charge is 2.17. The SMILES string of the molecule is O=[N+]([O-])C1=Cc2ccccc2SN1. The summed E-state index contributed by atoms with van der Waals surface area (Å²) < 4.78 is 2.65. The first kappa shape index (κ1) is 8.12. The van der Waals surface area contributed by atoms with Crippen LogP contribution >= 0.6 is 11.9 Å². The molecule has 0 unspecified atom stereocenters. The van der Waals surface area contributed by atoms with Crippen molar-refractivity contribution in [1.29, 1.82) is 0 Å². The van der Waals surface area contributed by atoms with Crippen LogP contribution in [0.2, 0.25) is 0 Å². The fraction of sp³-hybridized carbons (Fsp3) is 0. The summed E-state index contributed by atoms with van der Waals surface area (Å²) in [7, 11) is 0. The molecule has 13 heavy (non-hydrogen) atoms. The third-order valence-electron chi connectivity index (χ3n) is 1.67. The van der Waals surface area contributed by atoms with Crippen molar-refractivity contribution in [3.8, 4) is 0 Å². The molecule has 0 fully saturated rings. The summed E-state index contributed by atoms with van der Waals surface area (Å²) in [5.41, 5.74) is 0.887. The van der Waals surface area contributed by atoms with Gasteiger partial charge >= 0.3 is 5.82 Å². The summed E-state index contributed by atoms with van der Waals surface area (Å²) in [6.07, 6.45) is 1.53. The van der Waals surface area contributed by atoms with Crippen LogP contribution < -0.4 is 4.72 Å². The van der Waals surface area contributed by atoms with Crippen LogP contribution in [0.5, 0.6) is 0 Å². The smallest absolute Gasteiger partial charge is 0.328 e. The van der Waals surface area contributed by atoms with E-state index in [9.17, 15) is 10.1 Å². The lowest BCUT2D eigenvalue weighted by Crippen LogP contribution is -2.15. The number of nitrogens with zero attached hydrogens (tertiary/aromatic N) is 1. The highest BCUT2D eigenvalue weighted by molar-refractivity contribution is 7.97. The maximum atomic E-state index is 10.4. The predicted octanol–water partition coefficient (Wildman–Crippen LogP) is 1.87. The molecule has 0 bridgehead atoms. The van der Waals surface area contributed by atoms with Gasteiger partial charge in [-0.1, -0.05) is 18.2 Å². The molecule has 1 heterocycles. The van der Waals surface area contributed by atoms with Gasteiger partial charge in [-0.2, -0.15) is 0 Å². The summed E-state index contributed by atoms with van der Waals surface area (Å²) >= 11 is 1.27. The van der Waals surface area contributed by atoms with E-state index in [4.69, 9.17) is 0 Å². The molecule has 0 spiro atoms. The molecule has 2 rings (SSSR count). The molecule has 0 saturated carbocycles. The highest BCUT2D eigenvalue weighted by atomic mass is 32.2. The first-order valence-electron chi connectivity index (χ1n) is 3.65. The minimum absolute atomic E-state index is 0.0312. The van der Waals surface area contributed by atoms with Gasteiger partial charge in [-0.25, -0.2) is 4.72 Å². The second-order valence-corrected chi connectivity index (χ2v) is 3.38. The van der Waals surface area contributed by atoms with Crippen molar-refractivity contribution >= 4 is 18.0 Å². The molecule has 0 radical (unpaired) electrons. The number of benzene rings is 1. The topological polar surface area (TPSA) is 55.2 Å². The quantitative estimate of drug-likeness (QED) is 0.421. The molecular weight excluding hydrogens is 188 g/mol. The zero-order valence-corrected chi connectivity index (χ0v) is 7.38. The average Bonchev–Trinajstić information content (AvgIpc) is 2.17. The lowest BCUT2D eigenvalue weighted by Gasteiger charge is -2.09. The number of hydrogen-bond acceptors (Lipinski definition) is 4. The van der Waals surface area contributed by atoms with Gasteiger partial charge in [0.05, 0.1) is 16.8 Å². The molecule has 4 nitrogen and oxygen atoms in total. The number of nitro groups is 1. The summed E-state index contributed by atoms with van der Waals surface area (Å²) in [4.78, 5) is 11.0. The first-order chi connectivity index (χ1) is 6.27. The Morgan fingerprint density at radius 3 is 2.92 bits per heavy atom. The minimum Gasteiger partial charge on any atom is -0.358 e. The van der Waals surface area contributed by atoms with Crippen LogP contribution in [0, 0.1) is 10.1 Å². The molecule has 1 N–H and O–H groups in total. The monoisotopic (exact) mass is 194 g/mol. The normalized spacial score (nSPS) is 14.0. The molecule has 1 aliphatic rings. The van der Waals surface area contributed by atoms with Crippen molar-refractivity contribution in [3.05, 3.63) is 45.8 Å². The van der Waals surface area contributed by atoms with Crippen molar-refractivity contribution in [2.75, 3.05) is 0 Å². The van der Waals surface area contributed by atoms with Crippen LogP contribution in [-0.4, -0.2) is 4.92 Å². The van der Waals surface area contributed by atoms with Gasteiger partial charge in [-0.05, 0) is 11.0 Å². The molecule has 1 aliphatic heterocycles. The van der Waals surface area contributed by atoms with Crippen LogP contribution in [-0.2, 0) is 0 Å². The van der Waals surface area contributed by atoms with Crippen molar-refractivity contribution in [3.63, 3.8) is 0 Å². The van der Waals surface area contributed by atoms with Crippen LogP contribution in [0.25, 0.3) is 6.08 Å². The average molecular weight is 194 g/mol. The molecule has 0 atom stereocenters. The Morgan fingerprint density at radius 1 is 1.38 bits per heavy atom. The van der Waals surface area contributed by atoms with Crippen molar-refractivity contribution in [1.82, 2.24) is 4.72 Å². The predicted molar refractivity (Wildman–Crippen MR) is 50.4 cm³/mol. The molecule has 0 amide bonds. The zero-order valence-electron chi connectivity index (χ0n) is 6.56. The highest BCUT2D eigenvalue weighted by Crippen LogP contribution is 2.27. The Morgan fingerprint density at radius 2 is 2.15 bits per heavy atom. The van der Waals surface area contributed by atoms with Crippen molar-refractivity contribution in [2.45, 2.75) is 4.90 Å². The first-order valence-corrected chi connectivity index (χ1v) is 4.47. The van der Waals surface area contributed by atoms with Gasteiger partial charge in [0.1, 0.15) is 0 Å². The Kier molecular flexibility index (Phi) is 1.94. The van der Waals surface area contributed by atoms with E-state index in [1.54, 1.807) is 0 Å².